The number of aromatic nitrogens is 2. The van der Waals surface area contributed by atoms with Crippen molar-refractivity contribution in [2.24, 2.45) is 0 Å². The molecule has 1 aromatic heterocycles. The zero-order valence-corrected chi connectivity index (χ0v) is 18.4. The van der Waals surface area contributed by atoms with Crippen molar-refractivity contribution < 1.29 is 9.53 Å². The summed E-state index contributed by atoms with van der Waals surface area (Å²) in [6, 6.07) is 13.6. The summed E-state index contributed by atoms with van der Waals surface area (Å²) in [6.45, 7) is 2.44. The van der Waals surface area contributed by atoms with E-state index in [1.54, 1.807) is 30.2 Å². The van der Waals surface area contributed by atoms with Crippen molar-refractivity contribution >= 4 is 34.2 Å². The summed E-state index contributed by atoms with van der Waals surface area (Å²) in [5.74, 6) is 1.71. The van der Waals surface area contributed by atoms with Crippen LogP contribution < -0.4 is 9.64 Å². The summed E-state index contributed by atoms with van der Waals surface area (Å²) in [7, 11) is 5.77. The van der Waals surface area contributed by atoms with Crippen LogP contribution in [0.4, 0.5) is 5.69 Å². The number of methoxy groups -OCH3 is 1. The average Bonchev–Trinajstić information content (AvgIpc) is 3.28. The largest absolute Gasteiger partial charge is 0.495 e. The lowest BCUT2D eigenvalue weighted by Crippen LogP contribution is -2.25. The molecule has 1 atom stereocenters. The Morgan fingerprint density at radius 3 is 2.80 bits per heavy atom. The number of anilines is 1. The van der Waals surface area contributed by atoms with Crippen molar-refractivity contribution in [3.05, 3.63) is 53.3 Å². The highest BCUT2D eigenvalue weighted by atomic mass is 35.5. The summed E-state index contributed by atoms with van der Waals surface area (Å²) in [6.07, 6.45) is 1.44. The van der Waals surface area contributed by atoms with Crippen molar-refractivity contribution in [2.45, 2.75) is 25.3 Å². The van der Waals surface area contributed by atoms with E-state index >= 15 is 0 Å². The predicted molar refractivity (Wildman–Crippen MR) is 121 cm³/mol. The minimum Gasteiger partial charge on any atom is -0.495 e. The minimum absolute atomic E-state index is 0.0212. The Kier molecular flexibility index (Phi) is 5.97. The molecular weight excluding hydrogens is 400 g/mol. The van der Waals surface area contributed by atoms with Crippen LogP contribution in [0.15, 0.2) is 42.5 Å². The fourth-order valence-corrected chi connectivity index (χ4v) is 4.34. The molecule has 1 unspecified atom stereocenters. The SMILES string of the molecule is COc1ccc(Cl)cc1N1CC(c2nc3ccccc3n2CCCN(C)C)CC1=O. The van der Waals surface area contributed by atoms with Crippen molar-refractivity contribution in [1.82, 2.24) is 14.5 Å². The predicted octanol–water partition coefficient (Wildman–Crippen LogP) is 4.17. The van der Waals surface area contributed by atoms with Gasteiger partial charge >= 0.3 is 0 Å². The summed E-state index contributed by atoms with van der Waals surface area (Å²) in [5.41, 5.74) is 2.81. The van der Waals surface area contributed by atoms with Crippen molar-refractivity contribution in [1.29, 1.82) is 0 Å². The lowest BCUT2D eigenvalue weighted by Gasteiger charge is -2.20. The highest BCUT2D eigenvalue weighted by molar-refractivity contribution is 6.31. The molecule has 30 heavy (non-hydrogen) atoms. The number of amides is 1. The maximum Gasteiger partial charge on any atom is 0.227 e. The number of halogens is 1. The van der Waals surface area contributed by atoms with Gasteiger partial charge in [-0.2, -0.15) is 0 Å². The Morgan fingerprint density at radius 2 is 2.03 bits per heavy atom. The van der Waals surface area contributed by atoms with E-state index in [1.165, 1.54) is 0 Å². The molecule has 1 aliphatic rings. The standard InChI is InChI=1S/C23H27ClN4O2/c1-26(2)11-6-12-27-19-8-5-4-7-18(19)25-23(27)16-13-22(29)28(15-16)20-14-17(24)9-10-21(20)30-3/h4-5,7-10,14,16H,6,11-13,15H2,1-3H3. The van der Waals surface area contributed by atoms with Gasteiger partial charge in [0.25, 0.3) is 0 Å². The van der Waals surface area contributed by atoms with E-state index in [0.717, 1.165) is 36.4 Å². The molecule has 1 amide bonds. The number of hydrogen-bond acceptors (Lipinski definition) is 4. The topological polar surface area (TPSA) is 50.6 Å². The number of imidazole rings is 1. The number of fused-ring (bicyclic) bond motifs is 1. The lowest BCUT2D eigenvalue weighted by molar-refractivity contribution is -0.117. The molecule has 0 radical (unpaired) electrons. The third kappa shape index (κ3) is 4.02. The van der Waals surface area contributed by atoms with Gasteiger partial charge in [-0.25, -0.2) is 4.98 Å². The van der Waals surface area contributed by atoms with Gasteiger partial charge in [0, 0.05) is 30.5 Å². The first-order valence-electron chi connectivity index (χ1n) is 10.2. The molecule has 4 rings (SSSR count). The molecule has 1 saturated heterocycles. The second kappa shape index (κ2) is 8.66. The Balaban J connectivity index is 1.66. The molecule has 2 heterocycles. The van der Waals surface area contributed by atoms with Gasteiger partial charge in [-0.1, -0.05) is 23.7 Å². The highest BCUT2D eigenvalue weighted by Crippen LogP contribution is 2.38. The number of ether oxygens (including phenoxy) is 1. The fourth-order valence-electron chi connectivity index (χ4n) is 4.17. The van der Waals surface area contributed by atoms with Gasteiger partial charge in [-0.3, -0.25) is 4.79 Å². The van der Waals surface area contributed by atoms with Crippen molar-refractivity contribution in [2.75, 3.05) is 39.2 Å². The van der Waals surface area contributed by atoms with Gasteiger partial charge in [0.15, 0.2) is 0 Å². The molecule has 6 nitrogen and oxygen atoms in total. The highest BCUT2D eigenvalue weighted by Gasteiger charge is 2.36. The number of benzene rings is 2. The van der Waals surface area contributed by atoms with Crippen LogP contribution in [-0.2, 0) is 11.3 Å². The molecule has 158 valence electrons. The quantitative estimate of drug-likeness (QED) is 0.569. The van der Waals surface area contributed by atoms with E-state index < -0.39 is 0 Å². The Labute approximate surface area is 182 Å². The zero-order valence-electron chi connectivity index (χ0n) is 17.6. The monoisotopic (exact) mass is 426 g/mol. The number of rotatable bonds is 7. The first-order valence-corrected chi connectivity index (χ1v) is 10.6. The van der Waals surface area contributed by atoms with Gasteiger partial charge in [0.1, 0.15) is 11.6 Å². The van der Waals surface area contributed by atoms with Crippen LogP contribution in [0, 0.1) is 0 Å². The second-order valence-corrected chi connectivity index (χ2v) is 8.43. The van der Waals surface area contributed by atoms with Crippen LogP contribution in [0.25, 0.3) is 11.0 Å². The van der Waals surface area contributed by atoms with Gasteiger partial charge < -0.3 is 19.1 Å². The average molecular weight is 427 g/mol. The number of nitrogens with zero attached hydrogens (tertiary/aromatic N) is 4. The van der Waals surface area contributed by atoms with Crippen LogP contribution in [0.2, 0.25) is 5.02 Å². The molecule has 0 bridgehead atoms. The van der Waals surface area contributed by atoms with Gasteiger partial charge in [0.2, 0.25) is 5.91 Å². The van der Waals surface area contributed by atoms with Gasteiger partial charge in [-0.15, -0.1) is 0 Å². The number of aryl methyl sites for hydroxylation is 1. The van der Waals surface area contributed by atoms with Crippen molar-refractivity contribution in [3.63, 3.8) is 0 Å². The second-order valence-electron chi connectivity index (χ2n) is 7.99. The van der Waals surface area contributed by atoms with E-state index in [2.05, 4.69) is 29.6 Å². The molecule has 3 aromatic rings. The Bertz CT molecular complexity index is 1060. The number of carbonyl (C=O) groups is 1. The third-order valence-electron chi connectivity index (χ3n) is 5.59. The normalized spacial score (nSPS) is 16.8. The smallest absolute Gasteiger partial charge is 0.227 e. The number of carbonyl (C=O) groups excluding carboxylic acids is 1. The number of para-hydroxylation sites is 2. The molecule has 0 aliphatic carbocycles. The molecule has 0 spiro atoms. The van der Waals surface area contributed by atoms with Crippen LogP contribution >= 0.6 is 11.6 Å². The van der Waals surface area contributed by atoms with Crippen molar-refractivity contribution in [3.8, 4) is 5.75 Å². The molecule has 0 saturated carbocycles. The van der Waals surface area contributed by atoms with E-state index in [1.807, 2.05) is 18.2 Å². The summed E-state index contributed by atoms with van der Waals surface area (Å²) in [4.78, 5) is 21.8. The fraction of sp³-hybridized carbons (Fsp3) is 0.391. The third-order valence-corrected chi connectivity index (χ3v) is 5.83. The van der Waals surface area contributed by atoms with Gasteiger partial charge in [-0.05, 0) is 57.4 Å². The summed E-state index contributed by atoms with van der Waals surface area (Å²) in [5, 5.41) is 0.581. The zero-order chi connectivity index (χ0) is 21.3. The summed E-state index contributed by atoms with van der Waals surface area (Å²) >= 11 is 6.20. The molecule has 7 heteroatoms. The maximum absolute atomic E-state index is 13.0. The van der Waals surface area contributed by atoms with E-state index in [-0.39, 0.29) is 11.8 Å². The van der Waals surface area contributed by atoms with E-state index in [0.29, 0.717) is 29.4 Å². The van der Waals surface area contributed by atoms with Crippen LogP contribution in [0.3, 0.4) is 0 Å². The Hall–Kier alpha value is -2.57. The van der Waals surface area contributed by atoms with Crippen LogP contribution in [-0.4, -0.2) is 54.7 Å². The van der Waals surface area contributed by atoms with Gasteiger partial charge in [0.05, 0.1) is 23.8 Å². The molecule has 2 aromatic carbocycles. The number of hydrogen-bond donors (Lipinski definition) is 0. The first-order chi connectivity index (χ1) is 14.5. The lowest BCUT2D eigenvalue weighted by atomic mass is 10.1. The summed E-state index contributed by atoms with van der Waals surface area (Å²) < 4.78 is 7.76. The molecule has 1 aliphatic heterocycles. The van der Waals surface area contributed by atoms with E-state index in [4.69, 9.17) is 21.3 Å². The maximum atomic E-state index is 13.0. The molecule has 0 N–H and O–H groups in total. The van der Waals surface area contributed by atoms with Crippen LogP contribution in [0.5, 0.6) is 5.75 Å². The van der Waals surface area contributed by atoms with E-state index in [9.17, 15) is 4.79 Å². The first kappa shape index (κ1) is 20.7. The molecular formula is C23H27ClN4O2. The van der Waals surface area contributed by atoms with Crippen LogP contribution in [0.1, 0.15) is 24.6 Å². The Morgan fingerprint density at radius 1 is 1.23 bits per heavy atom. The molecule has 1 fully saturated rings. The minimum atomic E-state index is 0.0212.